The van der Waals surface area contributed by atoms with Crippen LogP contribution in [0.1, 0.15) is 5.56 Å². The molecule has 2 heterocycles. The summed E-state index contributed by atoms with van der Waals surface area (Å²) in [6.07, 6.45) is -3.38. The maximum Gasteiger partial charge on any atom is 0.231 e. The Bertz CT molecular complexity index is 571. The monoisotopic (exact) mass is 329 g/mol. The molecule has 0 bridgehead atoms. The molecule has 8 heteroatoms. The van der Waals surface area contributed by atoms with Crippen LogP contribution in [0.3, 0.4) is 0 Å². The number of aliphatic hydroxyl groups is 4. The predicted molar refractivity (Wildman–Crippen MR) is 76.7 cm³/mol. The van der Waals surface area contributed by atoms with Crippen LogP contribution in [0.4, 0.5) is 4.39 Å². The number of halogens is 1. The average molecular weight is 329 g/mol. The zero-order valence-electron chi connectivity index (χ0n) is 12.4. The van der Waals surface area contributed by atoms with Crippen molar-refractivity contribution in [2.24, 2.45) is 0 Å². The lowest BCUT2D eigenvalue weighted by Gasteiger charge is -2.43. The Morgan fingerprint density at radius 1 is 1.13 bits per heavy atom. The van der Waals surface area contributed by atoms with E-state index in [9.17, 15) is 24.8 Å². The number of nitrogens with zero attached hydrogens (tertiary/aromatic N) is 1. The van der Waals surface area contributed by atoms with Gasteiger partial charge in [-0.2, -0.15) is 0 Å². The molecular formula is C15H20FNO6. The molecule has 1 aromatic carbocycles. The highest BCUT2D eigenvalue weighted by molar-refractivity contribution is 5.45. The number of fused-ring (bicyclic) bond motifs is 1. The fourth-order valence-corrected chi connectivity index (χ4v) is 3.05. The Balaban J connectivity index is 1.70. The first-order valence-electron chi connectivity index (χ1n) is 7.48. The van der Waals surface area contributed by atoms with Crippen molar-refractivity contribution in [3.8, 4) is 11.5 Å². The summed E-state index contributed by atoms with van der Waals surface area (Å²) in [6, 6.07) is 2.13. The largest absolute Gasteiger partial charge is 0.454 e. The van der Waals surface area contributed by atoms with Crippen molar-refractivity contribution < 1.29 is 34.3 Å². The van der Waals surface area contributed by atoms with Crippen LogP contribution in [0, 0.1) is 5.82 Å². The van der Waals surface area contributed by atoms with Gasteiger partial charge in [-0.1, -0.05) is 0 Å². The van der Waals surface area contributed by atoms with Crippen LogP contribution in [0.15, 0.2) is 12.1 Å². The van der Waals surface area contributed by atoms with Gasteiger partial charge in [0.05, 0.1) is 18.8 Å². The van der Waals surface area contributed by atoms with E-state index in [-0.39, 0.29) is 19.9 Å². The number of β-amino-alcohol motifs (C(OH)–C–C–N with tert-alkyl or cyclic N) is 1. The number of hydrogen-bond donors (Lipinski definition) is 4. The summed E-state index contributed by atoms with van der Waals surface area (Å²) in [5, 5.41) is 38.8. The number of benzene rings is 1. The zero-order chi connectivity index (χ0) is 16.6. The highest BCUT2D eigenvalue weighted by atomic mass is 19.1. The molecule has 2 aliphatic rings. The first-order valence-corrected chi connectivity index (χ1v) is 7.48. The van der Waals surface area contributed by atoms with E-state index >= 15 is 0 Å². The van der Waals surface area contributed by atoms with Crippen LogP contribution < -0.4 is 9.47 Å². The van der Waals surface area contributed by atoms with Crippen LogP contribution >= 0.6 is 0 Å². The molecule has 0 aliphatic carbocycles. The normalized spacial score (nSPS) is 30.7. The van der Waals surface area contributed by atoms with Gasteiger partial charge in [0.2, 0.25) is 6.79 Å². The zero-order valence-corrected chi connectivity index (χ0v) is 12.4. The molecule has 0 saturated carbocycles. The second-order valence-corrected chi connectivity index (χ2v) is 5.84. The molecule has 1 aromatic rings. The lowest BCUT2D eigenvalue weighted by atomic mass is 9.94. The van der Waals surface area contributed by atoms with E-state index in [0.29, 0.717) is 30.0 Å². The van der Waals surface area contributed by atoms with Crippen molar-refractivity contribution in [3.63, 3.8) is 0 Å². The van der Waals surface area contributed by atoms with Gasteiger partial charge >= 0.3 is 0 Å². The number of likely N-dealkylation sites (tertiary alicyclic amines) is 1. The number of aliphatic hydroxyl groups excluding tert-OH is 4. The molecule has 1 fully saturated rings. The highest BCUT2D eigenvalue weighted by Crippen LogP contribution is 2.34. The Hall–Kier alpha value is -1.45. The van der Waals surface area contributed by atoms with Gasteiger partial charge < -0.3 is 29.9 Å². The summed E-state index contributed by atoms with van der Waals surface area (Å²) >= 11 is 0. The average Bonchev–Trinajstić information content (AvgIpc) is 2.97. The molecule has 0 aromatic heterocycles. The summed E-state index contributed by atoms with van der Waals surface area (Å²) in [5.41, 5.74) is 0.418. The maximum absolute atomic E-state index is 14.1. The van der Waals surface area contributed by atoms with Gasteiger partial charge in [0.15, 0.2) is 11.5 Å². The summed E-state index contributed by atoms with van der Waals surface area (Å²) < 4.78 is 24.4. The van der Waals surface area contributed by atoms with Crippen molar-refractivity contribution in [1.29, 1.82) is 0 Å². The second kappa shape index (κ2) is 6.58. The van der Waals surface area contributed by atoms with Gasteiger partial charge in [0.1, 0.15) is 18.0 Å². The van der Waals surface area contributed by atoms with E-state index in [4.69, 9.17) is 9.47 Å². The van der Waals surface area contributed by atoms with E-state index in [2.05, 4.69) is 0 Å². The molecule has 1 saturated heterocycles. The molecule has 0 radical (unpaired) electrons. The minimum atomic E-state index is -1.30. The molecule has 4 atom stereocenters. The Kier molecular flexibility index (Phi) is 4.69. The number of rotatable bonds is 4. The van der Waals surface area contributed by atoms with Gasteiger partial charge in [-0.15, -0.1) is 0 Å². The Labute approximate surface area is 132 Å². The first kappa shape index (κ1) is 16.4. The third kappa shape index (κ3) is 3.13. The minimum Gasteiger partial charge on any atom is -0.454 e. The molecule has 7 nitrogen and oxygen atoms in total. The Morgan fingerprint density at radius 3 is 2.52 bits per heavy atom. The summed E-state index contributed by atoms with van der Waals surface area (Å²) in [4.78, 5) is 1.64. The second-order valence-electron chi connectivity index (χ2n) is 5.84. The van der Waals surface area contributed by atoms with Crippen LogP contribution in [-0.4, -0.2) is 76.2 Å². The SMILES string of the molecule is OC[C@H]1[C@@H](O)[C@H](O)[C@@H](O)CN1CCc1cc2c(cc1F)OCO2. The molecular weight excluding hydrogens is 309 g/mol. The summed E-state index contributed by atoms with van der Waals surface area (Å²) in [7, 11) is 0. The van der Waals surface area contributed by atoms with Crippen molar-refractivity contribution in [2.45, 2.75) is 30.8 Å². The van der Waals surface area contributed by atoms with Gasteiger partial charge in [0, 0.05) is 19.2 Å². The fraction of sp³-hybridized carbons (Fsp3) is 0.600. The van der Waals surface area contributed by atoms with E-state index < -0.39 is 30.2 Å². The molecule has 3 rings (SSSR count). The van der Waals surface area contributed by atoms with Crippen LogP contribution in [0.2, 0.25) is 0 Å². The molecule has 0 unspecified atom stereocenters. The van der Waals surface area contributed by atoms with E-state index in [0.717, 1.165) is 0 Å². The number of ether oxygens (including phenoxy) is 2. The van der Waals surface area contributed by atoms with Crippen LogP contribution in [0.5, 0.6) is 11.5 Å². The molecule has 2 aliphatic heterocycles. The number of piperidine rings is 1. The van der Waals surface area contributed by atoms with Crippen LogP contribution in [0.25, 0.3) is 0 Å². The number of hydrogen-bond acceptors (Lipinski definition) is 7. The fourth-order valence-electron chi connectivity index (χ4n) is 3.05. The van der Waals surface area contributed by atoms with Crippen molar-refractivity contribution in [2.75, 3.05) is 26.5 Å². The molecule has 0 spiro atoms. The first-order chi connectivity index (χ1) is 11.0. The van der Waals surface area contributed by atoms with Crippen molar-refractivity contribution >= 4 is 0 Å². The van der Waals surface area contributed by atoms with Gasteiger partial charge in [-0.25, -0.2) is 4.39 Å². The summed E-state index contributed by atoms with van der Waals surface area (Å²) in [6.45, 7) is 0.0973. The highest BCUT2D eigenvalue weighted by Gasteiger charge is 2.40. The topological polar surface area (TPSA) is 103 Å². The van der Waals surface area contributed by atoms with Crippen molar-refractivity contribution in [1.82, 2.24) is 4.90 Å². The van der Waals surface area contributed by atoms with Gasteiger partial charge in [0.25, 0.3) is 0 Å². The standard InChI is InChI=1S/C15H20FNO6/c16-9-4-13-12(22-7-23-13)3-8(9)1-2-17-5-11(19)15(21)14(20)10(17)6-18/h3-4,10-11,14-15,18-21H,1-2,5-7H2/t10-,11-,14+,15+/m0/s1. The third-order valence-corrected chi connectivity index (χ3v) is 4.43. The van der Waals surface area contributed by atoms with E-state index in [1.54, 1.807) is 11.0 Å². The van der Waals surface area contributed by atoms with Crippen molar-refractivity contribution in [3.05, 3.63) is 23.5 Å². The molecule has 0 amide bonds. The maximum atomic E-state index is 14.1. The molecule has 4 N–H and O–H groups in total. The van der Waals surface area contributed by atoms with E-state index in [1.165, 1.54) is 6.07 Å². The molecule has 128 valence electrons. The lowest BCUT2D eigenvalue weighted by Crippen LogP contribution is -2.62. The predicted octanol–water partition coefficient (Wildman–Crippen LogP) is -1.14. The van der Waals surface area contributed by atoms with Crippen LogP contribution in [-0.2, 0) is 6.42 Å². The van der Waals surface area contributed by atoms with E-state index in [1.807, 2.05) is 0 Å². The Morgan fingerprint density at radius 2 is 1.83 bits per heavy atom. The van der Waals surface area contributed by atoms with Gasteiger partial charge in [-0.05, 0) is 18.1 Å². The van der Waals surface area contributed by atoms with Gasteiger partial charge in [-0.3, -0.25) is 4.90 Å². The third-order valence-electron chi connectivity index (χ3n) is 4.43. The quantitative estimate of drug-likeness (QED) is 0.553. The lowest BCUT2D eigenvalue weighted by molar-refractivity contribution is -0.144. The summed E-state index contributed by atoms with van der Waals surface area (Å²) in [5.74, 6) is 0.425. The molecule has 23 heavy (non-hydrogen) atoms. The minimum absolute atomic E-state index is 0.0627. The smallest absolute Gasteiger partial charge is 0.231 e.